The molecule has 0 fully saturated rings. The van der Waals surface area contributed by atoms with Gasteiger partial charge in [0.15, 0.2) is 5.82 Å². The van der Waals surface area contributed by atoms with Crippen LogP contribution in [0.15, 0.2) is 39.5 Å². The van der Waals surface area contributed by atoms with Crippen molar-refractivity contribution in [3.63, 3.8) is 0 Å². The summed E-state index contributed by atoms with van der Waals surface area (Å²) in [5.41, 5.74) is 0.996. The standard InChI is InChI=1S/C21H19BrF2N6O2/c1-4-18-28-19(32-29-18)10-30-11(2)16(9-25-30)27-20(31)14-8-17(21(3,23)24)26-15-6-5-12(22)7-13(14)15/h5-9H,4,10H2,1-3H3,(H,27,31). The largest absolute Gasteiger partial charge is 0.337 e. The zero-order valence-corrected chi connectivity index (χ0v) is 19.1. The molecule has 0 bridgehead atoms. The second kappa shape index (κ2) is 8.38. The molecule has 0 spiro atoms. The normalized spacial score (nSPS) is 11.8. The second-order valence-electron chi connectivity index (χ2n) is 7.32. The monoisotopic (exact) mass is 504 g/mol. The molecule has 3 aromatic heterocycles. The quantitative estimate of drug-likeness (QED) is 0.402. The number of carbonyl (C=O) groups is 1. The number of halogens is 3. The summed E-state index contributed by atoms with van der Waals surface area (Å²) in [6.07, 6.45) is 2.14. The van der Waals surface area contributed by atoms with Gasteiger partial charge in [-0.05, 0) is 31.2 Å². The van der Waals surface area contributed by atoms with Gasteiger partial charge < -0.3 is 9.84 Å². The molecule has 8 nitrogen and oxygen atoms in total. The summed E-state index contributed by atoms with van der Waals surface area (Å²) < 4.78 is 35.5. The topological polar surface area (TPSA) is 98.7 Å². The predicted octanol–water partition coefficient (Wildman–Crippen LogP) is 4.86. The molecule has 4 rings (SSSR count). The molecule has 0 unspecified atom stereocenters. The van der Waals surface area contributed by atoms with E-state index in [-0.39, 0.29) is 12.1 Å². The van der Waals surface area contributed by atoms with Crippen molar-refractivity contribution in [3.8, 4) is 0 Å². The first-order valence-electron chi connectivity index (χ1n) is 9.79. The fourth-order valence-electron chi connectivity index (χ4n) is 3.16. The van der Waals surface area contributed by atoms with Crippen LogP contribution in [0, 0.1) is 6.92 Å². The summed E-state index contributed by atoms with van der Waals surface area (Å²) in [6, 6.07) is 6.06. The van der Waals surface area contributed by atoms with Gasteiger partial charge in [-0.15, -0.1) is 0 Å². The summed E-state index contributed by atoms with van der Waals surface area (Å²) >= 11 is 3.35. The molecule has 166 valence electrons. The Bertz CT molecular complexity index is 1310. The molecule has 11 heteroatoms. The first kappa shape index (κ1) is 22.0. The van der Waals surface area contributed by atoms with E-state index in [4.69, 9.17) is 4.52 Å². The number of alkyl halides is 2. The Morgan fingerprint density at radius 3 is 2.75 bits per heavy atom. The summed E-state index contributed by atoms with van der Waals surface area (Å²) in [4.78, 5) is 21.4. The van der Waals surface area contributed by atoms with Gasteiger partial charge in [-0.1, -0.05) is 28.0 Å². The number of pyridine rings is 1. The average molecular weight is 505 g/mol. The van der Waals surface area contributed by atoms with Crippen LogP contribution in [0.4, 0.5) is 14.5 Å². The summed E-state index contributed by atoms with van der Waals surface area (Å²) in [6.45, 7) is 4.68. The van der Waals surface area contributed by atoms with E-state index in [2.05, 4.69) is 41.5 Å². The van der Waals surface area contributed by atoms with Crippen LogP contribution >= 0.6 is 15.9 Å². The van der Waals surface area contributed by atoms with Crippen LogP contribution in [0.1, 0.15) is 47.3 Å². The van der Waals surface area contributed by atoms with Crippen molar-refractivity contribution in [2.24, 2.45) is 0 Å². The van der Waals surface area contributed by atoms with Crippen LogP contribution in [0.2, 0.25) is 0 Å². The van der Waals surface area contributed by atoms with Crippen LogP contribution in [-0.2, 0) is 18.9 Å². The minimum atomic E-state index is -3.20. The van der Waals surface area contributed by atoms with Gasteiger partial charge in [0.1, 0.15) is 12.2 Å². The highest BCUT2D eigenvalue weighted by molar-refractivity contribution is 9.10. The number of fused-ring (bicyclic) bond motifs is 1. The van der Waals surface area contributed by atoms with Crippen molar-refractivity contribution in [1.29, 1.82) is 0 Å². The van der Waals surface area contributed by atoms with Crippen LogP contribution in [0.25, 0.3) is 10.9 Å². The molecule has 0 radical (unpaired) electrons. The SMILES string of the molecule is CCc1noc(Cn2ncc(NC(=O)c3cc(C(C)(F)F)nc4ccc(Br)cc34)c2C)n1. The van der Waals surface area contributed by atoms with Gasteiger partial charge in [0, 0.05) is 23.2 Å². The maximum Gasteiger partial charge on any atom is 0.287 e. The van der Waals surface area contributed by atoms with Crippen LogP contribution in [0.3, 0.4) is 0 Å². The number of rotatable bonds is 6. The van der Waals surface area contributed by atoms with E-state index >= 15 is 0 Å². The molecule has 32 heavy (non-hydrogen) atoms. The number of nitrogens with one attached hydrogen (secondary N) is 1. The molecule has 0 aliphatic rings. The van der Waals surface area contributed by atoms with Crippen molar-refractivity contribution < 1.29 is 18.1 Å². The molecule has 1 N–H and O–H groups in total. The Hall–Kier alpha value is -3.21. The summed E-state index contributed by atoms with van der Waals surface area (Å²) in [5.74, 6) is -2.75. The Labute approximate surface area is 190 Å². The second-order valence-corrected chi connectivity index (χ2v) is 8.23. The van der Waals surface area contributed by atoms with Gasteiger partial charge in [0.2, 0.25) is 5.89 Å². The third-order valence-corrected chi connectivity index (χ3v) is 5.42. The molecule has 1 amide bonds. The van der Waals surface area contributed by atoms with Crippen molar-refractivity contribution in [2.45, 2.75) is 39.7 Å². The van der Waals surface area contributed by atoms with Crippen LogP contribution < -0.4 is 5.32 Å². The Morgan fingerprint density at radius 2 is 2.06 bits per heavy atom. The summed E-state index contributed by atoms with van der Waals surface area (Å²) in [5, 5.41) is 11.3. The van der Waals surface area contributed by atoms with Gasteiger partial charge in [-0.2, -0.15) is 18.9 Å². The van der Waals surface area contributed by atoms with E-state index in [1.807, 2.05) is 6.92 Å². The van der Waals surface area contributed by atoms with Crippen molar-refractivity contribution in [2.75, 3.05) is 5.32 Å². The van der Waals surface area contributed by atoms with E-state index in [9.17, 15) is 13.6 Å². The molecular weight excluding hydrogens is 486 g/mol. The number of hydrogen-bond donors (Lipinski definition) is 1. The van der Waals surface area contributed by atoms with E-state index in [0.29, 0.717) is 44.9 Å². The lowest BCUT2D eigenvalue weighted by atomic mass is 10.0. The third kappa shape index (κ3) is 4.38. The number of aromatic nitrogens is 5. The highest BCUT2D eigenvalue weighted by Gasteiger charge is 2.29. The molecule has 0 atom stereocenters. The van der Waals surface area contributed by atoms with E-state index in [1.165, 1.54) is 6.20 Å². The number of benzene rings is 1. The number of carbonyl (C=O) groups excluding carboxylic acids is 1. The zero-order valence-electron chi connectivity index (χ0n) is 17.5. The Morgan fingerprint density at radius 1 is 1.28 bits per heavy atom. The average Bonchev–Trinajstić information content (AvgIpc) is 3.34. The van der Waals surface area contributed by atoms with Gasteiger partial charge in [-0.25, -0.2) is 4.98 Å². The zero-order chi connectivity index (χ0) is 23.0. The first-order valence-corrected chi connectivity index (χ1v) is 10.6. The molecule has 3 heterocycles. The molecule has 0 aliphatic heterocycles. The maximum atomic E-state index is 14.0. The van der Waals surface area contributed by atoms with Crippen molar-refractivity contribution in [3.05, 3.63) is 63.6 Å². The van der Waals surface area contributed by atoms with Crippen LogP contribution in [0.5, 0.6) is 0 Å². The molecule has 0 aliphatic carbocycles. The molecule has 4 aromatic rings. The van der Waals surface area contributed by atoms with Crippen molar-refractivity contribution >= 4 is 38.4 Å². The lowest BCUT2D eigenvalue weighted by molar-refractivity contribution is 0.0130. The lowest BCUT2D eigenvalue weighted by Gasteiger charge is -2.14. The van der Waals surface area contributed by atoms with Gasteiger partial charge in [0.05, 0.1) is 28.7 Å². The number of aryl methyl sites for hydroxylation is 1. The highest BCUT2D eigenvalue weighted by Crippen LogP contribution is 2.31. The summed E-state index contributed by atoms with van der Waals surface area (Å²) in [7, 11) is 0. The van der Waals surface area contributed by atoms with E-state index in [0.717, 1.165) is 13.0 Å². The van der Waals surface area contributed by atoms with Gasteiger partial charge >= 0.3 is 0 Å². The van der Waals surface area contributed by atoms with Crippen molar-refractivity contribution in [1.82, 2.24) is 24.9 Å². The fraction of sp³-hybridized carbons (Fsp3) is 0.286. The van der Waals surface area contributed by atoms with E-state index < -0.39 is 17.5 Å². The highest BCUT2D eigenvalue weighted by atomic mass is 79.9. The number of hydrogen-bond acceptors (Lipinski definition) is 6. The fourth-order valence-corrected chi connectivity index (χ4v) is 3.52. The first-order chi connectivity index (χ1) is 15.2. The number of anilines is 1. The maximum absolute atomic E-state index is 14.0. The third-order valence-electron chi connectivity index (χ3n) is 4.93. The molecule has 1 aromatic carbocycles. The molecule has 0 saturated heterocycles. The molecule has 0 saturated carbocycles. The number of amides is 1. The smallest absolute Gasteiger partial charge is 0.287 e. The Balaban J connectivity index is 1.65. The number of nitrogens with zero attached hydrogens (tertiary/aromatic N) is 5. The minimum absolute atomic E-state index is 0.0875. The minimum Gasteiger partial charge on any atom is -0.337 e. The molecular formula is C21H19BrF2N6O2. The van der Waals surface area contributed by atoms with Gasteiger partial charge in [-0.3, -0.25) is 9.48 Å². The Kier molecular flexibility index (Phi) is 5.76. The lowest BCUT2D eigenvalue weighted by Crippen LogP contribution is -2.17. The predicted molar refractivity (Wildman–Crippen MR) is 117 cm³/mol. The van der Waals surface area contributed by atoms with E-state index in [1.54, 1.807) is 29.8 Å². The van der Waals surface area contributed by atoms with Crippen LogP contribution in [-0.4, -0.2) is 30.8 Å². The van der Waals surface area contributed by atoms with Gasteiger partial charge in [0.25, 0.3) is 11.8 Å².